The molecule has 0 saturated carbocycles. The molecule has 132 valence electrons. The third-order valence-electron chi connectivity index (χ3n) is 4.02. The highest BCUT2D eigenvalue weighted by molar-refractivity contribution is 7.12. The molecule has 2 aromatic carbocycles. The molecular weight excluding hydrogens is 346 g/mol. The van der Waals surface area contributed by atoms with Crippen LogP contribution in [0.2, 0.25) is 0 Å². The number of ketones is 1. The van der Waals surface area contributed by atoms with Gasteiger partial charge >= 0.3 is 0 Å². The summed E-state index contributed by atoms with van der Waals surface area (Å²) in [6.07, 6.45) is 0. The van der Waals surface area contributed by atoms with Crippen molar-refractivity contribution >= 4 is 23.0 Å². The van der Waals surface area contributed by atoms with Crippen molar-refractivity contribution in [2.45, 2.75) is 6.54 Å². The van der Waals surface area contributed by atoms with Crippen molar-refractivity contribution in [1.82, 2.24) is 4.90 Å². The van der Waals surface area contributed by atoms with Crippen LogP contribution in [0.3, 0.4) is 0 Å². The first-order valence-electron chi connectivity index (χ1n) is 8.32. The van der Waals surface area contributed by atoms with Crippen molar-refractivity contribution in [3.8, 4) is 0 Å². The monoisotopic (exact) mass is 365 g/mol. The number of amides is 1. The fraction of sp³-hybridized carbons (Fsp3) is 0.143. The van der Waals surface area contributed by atoms with Crippen LogP contribution in [-0.2, 0) is 6.54 Å². The molecule has 0 saturated heterocycles. The number of hydrogen-bond acceptors (Lipinski definition) is 4. The fourth-order valence-electron chi connectivity index (χ4n) is 2.76. The molecule has 0 aliphatic rings. The van der Waals surface area contributed by atoms with Crippen LogP contribution >= 0.6 is 11.3 Å². The van der Waals surface area contributed by atoms with Crippen LogP contribution in [0.4, 0.5) is 0 Å². The summed E-state index contributed by atoms with van der Waals surface area (Å²) in [5.41, 5.74) is 1.71. The van der Waals surface area contributed by atoms with E-state index in [1.54, 1.807) is 35.2 Å². The van der Waals surface area contributed by atoms with Gasteiger partial charge < -0.3 is 10.0 Å². The SMILES string of the molecule is O=C(c1cccs1)c1ccccc1C(=O)N(CCO)Cc1ccccc1. The molecule has 1 aromatic heterocycles. The van der Waals surface area contributed by atoms with Crippen LogP contribution in [-0.4, -0.2) is 34.8 Å². The van der Waals surface area contributed by atoms with E-state index in [-0.39, 0.29) is 24.8 Å². The summed E-state index contributed by atoms with van der Waals surface area (Å²) in [7, 11) is 0. The first kappa shape index (κ1) is 18.0. The zero-order valence-electron chi connectivity index (χ0n) is 14.2. The van der Waals surface area contributed by atoms with Crippen LogP contribution in [0.25, 0.3) is 0 Å². The molecule has 1 amide bonds. The molecule has 1 heterocycles. The predicted molar refractivity (Wildman–Crippen MR) is 102 cm³/mol. The van der Waals surface area contributed by atoms with Gasteiger partial charge in [0, 0.05) is 18.7 Å². The van der Waals surface area contributed by atoms with E-state index in [1.165, 1.54) is 11.3 Å². The normalized spacial score (nSPS) is 10.5. The molecule has 0 unspecified atom stereocenters. The summed E-state index contributed by atoms with van der Waals surface area (Å²) in [4.78, 5) is 28.0. The van der Waals surface area contributed by atoms with Gasteiger partial charge in [0.15, 0.2) is 0 Å². The number of carbonyl (C=O) groups excluding carboxylic acids is 2. The molecule has 3 rings (SSSR count). The Kier molecular flexibility index (Phi) is 5.94. The van der Waals surface area contributed by atoms with E-state index in [2.05, 4.69) is 0 Å². The van der Waals surface area contributed by atoms with Gasteiger partial charge in [0.1, 0.15) is 0 Å². The van der Waals surface area contributed by atoms with Gasteiger partial charge in [0.2, 0.25) is 5.78 Å². The number of thiophene rings is 1. The molecule has 0 spiro atoms. The molecule has 0 atom stereocenters. The average Bonchev–Trinajstić information content (AvgIpc) is 3.22. The molecular formula is C21H19NO3S. The Balaban J connectivity index is 1.91. The lowest BCUT2D eigenvalue weighted by Crippen LogP contribution is -2.34. The topological polar surface area (TPSA) is 57.6 Å². The van der Waals surface area contributed by atoms with Crippen LogP contribution in [0.5, 0.6) is 0 Å². The van der Waals surface area contributed by atoms with E-state index in [1.807, 2.05) is 41.8 Å². The van der Waals surface area contributed by atoms with Crippen LogP contribution < -0.4 is 0 Å². The Morgan fingerprint density at radius 2 is 1.58 bits per heavy atom. The minimum Gasteiger partial charge on any atom is -0.395 e. The van der Waals surface area contributed by atoms with E-state index in [0.717, 1.165) is 5.56 Å². The van der Waals surface area contributed by atoms with Crippen LogP contribution in [0, 0.1) is 0 Å². The lowest BCUT2D eigenvalue weighted by atomic mass is 10.0. The van der Waals surface area contributed by atoms with Crippen molar-refractivity contribution in [3.05, 3.63) is 93.7 Å². The van der Waals surface area contributed by atoms with Gasteiger partial charge in [-0.05, 0) is 23.1 Å². The molecule has 0 aliphatic carbocycles. The van der Waals surface area contributed by atoms with Crippen LogP contribution in [0.15, 0.2) is 72.1 Å². The minimum atomic E-state index is -0.261. The maximum Gasteiger partial charge on any atom is 0.254 e. The Labute approximate surface area is 156 Å². The van der Waals surface area contributed by atoms with Crippen molar-refractivity contribution < 1.29 is 14.7 Å². The standard InChI is InChI=1S/C21H19NO3S/c23-13-12-22(15-16-7-2-1-3-8-16)21(25)18-10-5-4-9-17(18)20(24)19-11-6-14-26-19/h1-11,14,23H,12-13,15H2. The summed E-state index contributed by atoms with van der Waals surface area (Å²) in [6, 6.07) is 20.0. The van der Waals surface area contributed by atoms with Gasteiger partial charge in [-0.25, -0.2) is 0 Å². The molecule has 0 radical (unpaired) electrons. The molecule has 26 heavy (non-hydrogen) atoms. The highest BCUT2D eigenvalue weighted by Crippen LogP contribution is 2.20. The second kappa shape index (κ2) is 8.56. The zero-order chi connectivity index (χ0) is 18.4. The second-order valence-electron chi connectivity index (χ2n) is 5.79. The molecule has 3 aromatic rings. The van der Waals surface area contributed by atoms with Crippen molar-refractivity contribution in [2.24, 2.45) is 0 Å². The first-order chi connectivity index (χ1) is 12.7. The number of nitrogens with zero attached hydrogens (tertiary/aromatic N) is 1. The first-order valence-corrected chi connectivity index (χ1v) is 9.20. The number of rotatable bonds is 7. The number of hydrogen-bond donors (Lipinski definition) is 1. The van der Waals surface area contributed by atoms with Crippen LogP contribution in [0.1, 0.15) is 31.2 Å². The van der Waals surface area contributed by atoms with E-state index in [4.69, 9.17) is 0 Å². The van der Waals surface area contributed by atoms with Crippen molar-refractivity contribution in [1.29, 1.82) is 0 Å². The second-order valence-corrected chi connectivity index (χ2v) is 6.74. The molecule has 1 N–H and O–H groups in total. The molecule has 4 nitrogen and oxygen atoms in total. The number of aliphatic hydroxyl groups is 1. The molecule has 0 fully saturated rings. The Hall–Kier alpha value is -2.76. The summed E-state index contributed by atoms with van der Waals surface area (Å²) < 4.78 is 0. The van der Waals surface area contributed by atoms with Gasteiger partial charge in [0.05, 0.1) is 17.0 Å². The van der Waals surface area contributed by atoms with E-state index in [0.29, 0.717) is 22.5 Å². The lowest BCUT2D eigenvalue weighted by molar-refractivity contribution is 0.0704. The lowest BCUT2D eigenvalue weighted by Gasteiger charge is -2.23. The summed E-state index contributed by atoms with van der Waals surface area (Å²) in [5.74, 6) is -0.420. The quantitative estimate of drug-likeness (QED) is 0.651. The van der Waals surface area contributed by atoms with Gasteiger partial charge in [-0.15, -0.1) is 11.3 Å². The molecule has 5 heteroatoms. The van der Waals surface area contributed by atoms with Crippen molar-refractivity contribution in [2.75, 3.05) is 13.2 Å². The number of benzene rings is 2. The average molecular weight is 365 g/mol. The number of aliphatic hydroxyl groups excluding tert-OH is 1. The summed E-state index contributed by atoms with van der Waals surface area (Å²) in [5, 5.41) is 11.2. The smallest absolute Gasteiger partial charge is 0.254 e. The summed E-state index contributed by atoms with van der Waals surface area (Å²) in [6.45, 7) is 0.441. The van der Waals surface area contributed by atoms with Crippen molar-refractivity contribution in [3.63, 3.8) is 0 Å². The fourth-order valence-corrected chi connectivity index (χ4v) is 3.43. The molecule has 0 aliphatic heterocycles. The third-order valence-corrected chi connectivity index (χ3v) is 4.89. The Morgan fingerprint density at radius 1 is 0.885 bits per heavy atom. The largest absolute Gasteiger partial charge is 0.395 e. The summed E-state index contributed by atoms with van der Waals surface area (Å²) >= 11 is 1.35. The van der Waals surface area contributed by atoms with Gasteiger partial charge in [-0.3, -0.25) is 9.59 Å². The van der Waals surface area contributed by atoms with Gasteiger partial charge in [-0.2, -0.15) is 0 Å². The zero-order valence-corrected chi connectivity index (χ0v) is 15.0. The van der Waals surface area contributed by atoms with Gasteiger partial charge in [-0.1, -0.05) is 54.6 Å². The Bertz CT molecular complexity index is 875. The maximum atomic E-state index is 13.1. The Morgan fingerprint density at radius 3 is 2.23 bits per heavy atom. The number of carbonyl (C=O) groups is 2. The van der Waals surface area contributed by atoms with E-state index >= 15 is 0 Å². The molecule has 0 bridgehead atoms. The van der Waals surface area contributed by atoms with Gasteiger partial charge in [0.25, 0.3) is 5.91 Å². The highest BCUT2D eigenvalue weighted by Gasteiger charge is 2.22. The minimum absolute atomic E-state index is 0.139. The third kappa shape index (κ3) is 4.07. The highest BCUT2D eigenvalue weighted by atomic mass is 32.1. The maximum absolute atomic E-state index is 13.1. The van der Waals surface area contributed by atoms with E-state index in [9.17, 15) is 14.7 Å². The predicted octanol–water partition coefficient (Wildman–Crippen LogP) is 3.61. The van der Waals surface area contributed by atoms with E-state index < -0.39 is 0 Å².